The van der Waals surface area contributed by atoms with Crippen molar-refractivity contribution < 1.29 is 23.9 Å². The molecule has 146 valence electrons. The minimum Gasteiger partial charge on any atom is -0.497 e. The molecule has 3 amide bonds. The highest BCUT2D eigenvalue weighted by Gasteiger charge is 2.49. The fraction of sp³-hybridized carbons (Fsp3) is 0.286. The number of nitrogens with zero attached hydrogens (tertiary/aromatic N) is 1. The molecule has 1 aliphatic rings. The van der Waals surface area contributed by atoms with Crippen molar-refractivity contribution in [2.24, 2.45) is 0 Å². The van der Waals surface area contributed by atoms with Gasteiger partial charge in [0, 0.05) is 11.1 Å². The molecule has 1 fully saturated rings. The van der Waals surface area contributed by atoms with Gasteiger partial charge in [0.1, 0.15) is 17.0 Å². The number of urea groups is 1. The number of imide groups is 1. The fourth-order valence-corrected chi connectivity index (χ4v) is 3.25. The van der Waals surface area contributed by atoms with E-state index in [4.69, 9.17) is 9.47 Å². The molecule has 0 bridgehead atoms. The Bertz CT molecular complexity index is 938. The summed E-state index contributed by atoms with van der Waals surface area (Å²) in [6.45, 7) is 3.12. The van der Waals surface area contributed by atoms with Gasteiger partial charge < -0.3 is 14.8 Å². The second-order valence-corrected chi connectivity index (χ2v) is 6.76. The van der Waals surface area contributed by atoms with E-state index in [-0.39, 0.29) is 18.2 Å². The molecule has 1 heterocycles. The lowest BCUT2D eigenvalue weighted by Gasteiger charge is -2.22. The Hall–Kier alpha value is -3.35. The third-order valence-electron chi connectivity index (χ3n) is 4.96. The van der Waals surface area contributed by atoms with Gasteiger partial charge in [0.05, 0.1) is 20.8 Å². The zero-order chi connectivity index (χ0) is 20.5. The molecule has 0 aromatic heterocycles. The zero-order valence-corrected chi connectivity index (χ0v) is 16.2. The average molecular weight is 382 g/mol. The summed E-state index contributed by atoms with van der Waals surface area (Å²) in [6, 6.07) is 11.4. The van der Waals surface area contributed by atoms with Crippen LogP contribution in [0.4, 0.5) is 4.79 Å². The van der Waals surface area contributed by atoms with Gasteiger partial charge in [-0.2, -0.15) is 0 Å². The van der Waals surface area contributed by atoms with Crippen LogP contribution in [0.1, 0.15) is 35.3 Å². The number of nitrogens with one attached hydrogen (secondary N) is 1. The number of hydrogen-bond acceptors (Lipinski definition) is 5. The quantitative estimate of drug-likeness (QED) is 0.613. The van der Waals surface area contributed by atoms with Crippen LogP contribution in [0.5, 0.6) is 11.5 Å². The topological polar surface area (TPSA) is 84.9 Å². The van der Waals surface area contributed by atoms with Crippen molar-refractivity contribution in [3.63, 3.8) is 0 Å². The van der Waals surface area contributed by atoms with E-state index in [0.29, 0.717) is 28.2 Å². The van der Waals surface area contributed by atoms with Gasteiger partial charge >= 0.3 is 6.03 Å². The number of rotatable bonds is 6. The van der Waals surface area contributed by atoms with Gasteiger partial charge in [-0.15, -0.1) is 0 Å². The van der Waals surface area contributed by atoms with E-state index in [9.17, 15) is 14.4 Å². The molecule has 1 atom stereocenters. The van der Waals surface area contributed by atoms with Crippen LogP contribution in [0, 0.1) is 0 Å². The molecule has 0 radical (unpaired) electrons. The number of amides is 3. The van der Waals surface area contributed by atoms with Crippen molar-refractivity contribution in [2.75, 3.05) is 14.2 Å². The molecule has 1 aliphatic heterocycles. The van der Waals surface area contributed by atoms with Crippen LogP contribution in [-0.2, 0) is 16.9 Å². The predicted molar refractivity (Wildman–Crippen MR) is 102 cm³/mol. The second kappa shape index (κ2) is 7.34. The Labute approximate surface area is 163 Å². The molecule has 1 saturated heterocycles. The minimum absolute atomic E-state index is 0.000699. The minimum atomic E-state index is -1.19. The smallest absolute Gasteiger partial charge is 0.325 e. The lowest BCUT2D eigenvalue weighted by atomic mass is 9.92. The van der Waals surface area contributed by atoms with Gasteiger partial charge in [-0.05, 0) is 49.7 Å². The van der Waals surface area contributed by atoms with E-state index in [2.05, 4.69) is 5.32 Å². The lowest BCUT2D eigenvalue weighted by Crippen LogP contribution is -2.40. The van der Waals surface area contributed by atoms with Gasteiger partial charge in [0.25, 0.3) is 5.91 Å². The molecule has 0 aliphatic carbocycles. The maximum Gasteiger partial charge on any atom is 0.325 e. The second-order valence-electron chi connectivity index (χ2n) is 6.76. The molecule has 0 spiro atoms. The number of carbonyl (C=O) groups excluding carboxylic acids is 3. The maximum atomic E-state index is 13.1. The largest absolute Gasteiger partial charge is 0.497 e. The molecular weight excluding hydrogens is 360 g/mol. The molecular formula is C21H22N2O5. The first-order valence-corrected chi connectivity index (χ1v) is 8.76. The molecule has 7 nitrogen and oxygen atoms in total. The number of ether oxygens (including phenoxy) is 2. The van der Waals surface area contributed by atoms with Gasteiger partial charge in [-0.1, -0.05) is 12.1 Å². The summed E-state index contributed by atoms with van der Waals surface area (Å²) >= 11 is 0. The normalized spacial score (nSPS) is 18.8. The Morgan fingerprint density at radius 1 is 1.07 bits per heavy atom. The molecule has 3 rings (SSSR count). The van der Waals surface area contributed by atoms with Gasteiger partial charge in [0.2, 0.25) is 0 Å². The van der Waals surface area contributed by atoms with Crippen LogP contribution in [0.2, 0.25) is 0 Å². The van der Waals surface area contributed by atoms with Crippen molar-refractivity contribution in [3.05, 3.63) is 59.2 Å². The highest BCUT2D eigenvalue weighted by Crippen LogP contribution is 2.32. The number of Topliss-reactive ketones (excluding diaryl/α,β-unsaturated/α-hetero) is 1. The zero-order valence-electron chi connectivity index (χ0n) is 16.2. The number of benzene rings is 2. The molecule has 2 aromatic carbocycles. The summed E-state index contributed by atoms with van der Waals surface area (Å²) in [7, 11) is 3.06. The van der Waals surface area contributed by atoms with Crippen molar-refractivity contribution in [2.45, 2.75) is 25.9 Å². The van der Waals surface area contributed by atoms with Crippen molar-refractivity contribution in [1.82, 2.24) is 10.2 Å². The highest BCUT2D eigenvalue weighted by molar-refractivity contribution is 6.07. The molecule has 0 unspecified atom stereocenters. The van der Waals surface area contributed by atoms with E-state index < -0.39 is 11.6 Å². The van der Waals surface area contributed by atoms with Crippen LogP contribution < -0.4 is 14.8 Å². The van der Waals surface area contributed by atoms with Crippen LogP contribution in [0.25, 0.3) is 0 Å². The number of hydrogen-bond donors (Lipinski definition) is 1. The molecule has 1 N–H and O–H groups in total. The monoisotopic (exact) mass is 382 g/mol. The molecule has 2 aromatic rings. The van der Waals surface area contributed by atoms with Crippen molar-refractivity contribution >= 4 is 17.7 Å². The van der Waals surface area contributed by atoms with Crippen LogP contribution in [0.3, 0.4) is 0 Å². The summed E-state index contributed by atoms with van der Waals surface area (Å²) in [5, 5.41) is 2.77. The van der Waals surface area contributed by atoms with Crippen molar-refractivity contribution in [3.8, 4) is 11.5 Å². The first kappa shape index (κ1) is 19.4. The molecule has 28 heavy (non-hydrogen) atoms. The van der Waals surface area contributed by atoms with Crippen LogP contribution >= 0.6 is 0 Å². The molecule has 0 saturated carbocycles. The summed E-state index contributed by atoms with van der Waals surface area (Å²) in [5.41, 5.74) is 0.534. The van der Waals surface area contributed by atoms with E-state index in [0.717, 1.165) is 4.90 Å². The fourth-order valence-electron chi connectivity index (χ4n) is 3.25. The maximum absolute atomic E-state index is 13.1. The first-order valence-electron chi connectivity index (χ1n) is 8.76. The van der Waals surface area contributed by atoms with E-state index in [1.54, 1.807) is 56.5 Å². The Kier molecular flexibility index (Phi) is 5.09. The van der Waals surface area contributed by atoms with Crippen LogP contribution in [0.15, 0.2) is 42.5 Å². The average Bonchev–Trinajstić information content (AvgIpc) is 2.91. The first-order chi connectivity index (χ1) is 13.3. The Morgan fingerprint density at radius 2 is 1.75 bits per heavy atom. The van der Waals surface area contributed by atoms with E-state index in [1.807, 2.05) is 0 Å². The number of carbonyl (C=O) groups is 3. The predicted octanol–water partition coefficient (Wildman–Crippen LogP) is 2.87. The number of methoxy groups -OCH3 is 2. The highest BCUT2D eigenvalue weighted by atomic mass is 16.5. The van der Waals surface area contributed by atoms with Gasteiger partial charge in [-0.3, -0.25) is 14.5 Å². The summed E-state index contributed by atoms with van der Waals surface area (Å²) in [4.78, 5) is 38.5. The van der Waals surface area contributed by atoms with Crippen molar-refractivity contribution in [1.29, 1.82) is 0 Å². The Morgan fingerprint density at radius 3 is 2.32 bits per heavy atom. The van der Waals surface area contributed by atoms with E-state index in [1.165, 1.54) is 14.0 Å². The summed E-state index contributed by atoms with van der Waals surface area (Å²) in [6.07, 6.45) is 0. The lowest BCUT2D eigenvalue weighted by molar-refractivity contribution is -0.131. The number of ketones is 1. The van der Waals surface area contributed by atoms with E-state index >= 15 is 0 Å². The summed E-state index contributed by atoms with van der Waals surface area (Å²) in [5.74, 6) is 0.678. The van der Waals surface area contributed by atoms with Gasteiger partial charge in [-0.25, -0.2) is 4.79 Å². The summed E-state index contributed by atoms with van der Waals surface area (Å²) < 4.78 is 10.5. The van der Waals surface area contributed by atoms with Crippen LogP contribution in [-0.4, -0.2) is 36.8 Å². The third-order valence-corrected chi connectivity index (χ3v) is 4.96. The SMILES string of the molecule is COc1ccc([C@]2(C)NC(=O)N(Cc3cc(C(C)=O)ccc3OC)C2=O)cc1. The van der Waals surface area contributed by atoms with Gasteiger partial charge in [0.15, 0.2) is 5.78 Å². The standard InChI is InChI=1S/C21H22N2O5/c1-13(24)14-5-10-18(28-4)15(11-14)12-23-19(25)21(2,22-20(23)26)16-6-8-17(27-3)9-7-16/h5-11H,12H2,1-4H3,(H,22,26)/t21-/m0/s1. The third kappa shape index (κ3) is 3.31. The Balaban J connectivity index is 1.92. The molecule has 7 heteroatoms.